The molecule has 0 aromatic rings. The lowest BCUT2D eigenvalue weighted by Gasteiger charge is -2.38. The summed E-state index contributed by atoms with van der Waals surface area (Å²) in [7, 11) is 1.79. The van der Waals surface area contributed by atoms with Gasteiger partial charge in [0.2, 0.25) is 0 Å². The van der Waals surface area contributed by atoms with Crippen molar-refractivity contribution in [3.63, 3.8) is 0 Å². The van der Waals surface area contributed by atoms with Crippen molar-refractivity contribution in [3.8, 4) is 0 Å². The fourth-order valence-electron chi connectivity index (χ4n) is 3.45. The molecule has 0 spiro atoms. The minimum absolute atomic E-state index is 0.0979. The summed E-state index contributed by atoms with van der Waals surface area (Å²) in [6.07, 6.45) is 6.06. The van der Waals surface area contributed by atoms with E-state index in [1.54, 1.807) is 7.11 Å². The predicted octanol–water partition coefficient (Wildman–Crippen LogP) is 2.49. The Hall–Kier alpha value is -0.410. The van der Waals surface area contributed by atoms with E-state index in [1.165, 1.54) is 12.8 Å². The highest BCUT2D eigenvalue weighted by molar-refractivity contribution is 5.87. The molecule has 0 amide bonds. The molecule has 0 aromatic carbocycles. The molecule has 1 aliphatic carbocycles. The maximum atomic E-state index is 12.4. The van der Waals surface area contributed by atoms with Crippen LogP contribution in [0.25, 0.3) is 0 Å². The second-order valence-corrected chi connectivity index (χ2v) is 6.60. The predicted molar refractivity (Wildman–Crippen MR) is 72.6 cm³/mol. The molecule has 2 fully saturated rings. The van der Waals surface area contributed by atoms with E-state index in [1.807, 2.05) is 0 Å². The van der Waals surface area contributed by atoms with Gasteiger partial charge in [-0.05, 0) is 32.2 Å². The van der Waals surface area contributed by atoms with Crippen LogP contribution in [0.15, 0.2) is 0 Å². The summed E-state index contributed by atoms with van der Waals surface area (Å²) < 4.78 is 5.45. The van der Waals surface area contributed by atoms with Crippen LogP contribution in [0.3, 0.4) is 0 Å². The van der Waals surface area contributed by atoms with E-state index in [-0.39, 0.29) is 11.3 Å². The Morgan fingerprint density at radius 3 is 2.83 bits per heavy atom. The number of nitrogens with zero attached hydrogens (tertiary/aromatic N) is 1. The lowest BCUT2D eigenvalue weighted by molar-refractivity contribution is -0.135. The molecule has 18 heavy (non-hydrogen) atoms. The van der Waals surface area contributed by atoms with Crippen LogP contribution in [-0.2, 0) is 9.53 Å². The summed E-state index contributed by atoms with van der Waals surface area (Å²) in [5.41, 5.74) is -0.0979. The molecule has 2 unspecified atom stereocenters. The van der Waals surface area contributed by atoms with Crippen molar-refractivity contribution >= 4 is 5.78 Å². The first-order valence-corrected chi connectivity index (χ1v) is 7.32. The van der Waals surface area contributed by atoms with Crippen LogP contribution in [0, 0.1) is 11.3 Å². The number of ether oxygens (including phenoxy) is 1. The molecule has 2 aliphatic rings. The molecule has 0 radical (unpaired) electrons. The van der Waals surface area contributed by atoms with Gasteiger partial charge in [-0.15, -0.1) is 0 Å². The molecule has 1 saturated heterocycles. The fourth-order valence-corrected chi connectivity index (χ4v) is 3.45. The van der Waals surface area contributed by atoms with Gasteiger partial charge in [0.25, 0.3) is 0 Å². The van der Waals surface area contributed by atoms with Gasteiger partial charge >= 0.3 is 0 Å². The zero-order chi connectivity index (χ0) is 13.2. The molecule has 0 N–H and O–H groups in total. The zero-order valence-electron chi connectivity index (χ0n) is 12.1. The van der Waals surface area contributed by atoms with Crippen molar-refractivity contribution in [3.05, 3.63) is 0 Å². The van der Waals surface area contributed by atoms with E-state index in [0.717, 1.165) is 38.9 Å². The topological polar surface area (TPSA) is 29.5 Å². The van der Waals surface area contributed by atoms with Crippen LogP contribution in [-0.4, -0.2) is 43.5 Å². The second-order valence-electron chi connectivity index (χ2n) is 6.60. The average molecular weight is 253 g/mol. The third-order valence-corrected chi connectivity index (χ3v) is 4.67. The highest BCUT2D eigenvalue weighted by Crippen LogP contribution is 2.36. The van der Waals surface area contributed by atoms with Crippen LogP contribution >= 0.6 is 0 Å². The Morgan fingerprint density at radius 2 is 2.11 bits per heavy atom. The van der Waals surface area contributed by atoms with E-state index >= 15 is 0 Å². The fraction of sp³-hybridized carbons (Fsp3) is 0.933. The highest BCUT2D eigenvalue weighted by atomic mass is 16.5. The normalized spacial score (nSPS) is 33.6. The summed E-state index contributed by atoms with van der Waals surface area (Å²) in [4.78, 5) is 14.8. The van der Waals surface area contributed by atoms with Crippen molar-refractivity contribution in [2.45, 2.75) is 52.1 Å². The van der Waals surface area contributed by atoms with Crippen LogP contribution < -0.4 is 0 Å². The number of piperidine rings is 1. The van der Waals surface area contributed by atoms with E-state index in [0.29, 0.717) is 11.9 Å². The molecule has 3 nitrogen and oxygen atoms in total. The smallest absolute Gasteiger partial charge is 0.142 e. The van der Waals surface area contributed by atoms with Gasteiger partial charge < -0.3 is 9.64 Å². The highest BCUT2D eigenvalue weighted by Gasteiger charge is 2.38. The monoisotopic (exact) mass is 253 g/mol. The van der Waals surface area contributed by atoms with Crippen LogP contribution in [0.2, 0.25) is 0 Å². The van der Waals surface area contributed by atoms with Gasteiger partial charge in [0.1, 0.15) is 5.78 Å². The Kier molecular flexibility index (Phi) is 4.44. The van der Waals surface area contributed by atoms with Gasteiger partial charge in [0, 0.05) is 31.5 Å². The van der Waals surface area contributed by atoms with E-state index < -0.39 is 0 Å². The number of carbonyl (C=O) groups is 1. The molecular formula is C15H27NO2. The molecule has 1 aliphatic heterocycles. The molecule has 3 heteroatoms. The first kappa shape index (κ1) is 14.0. The van der Waals surface area contributed by atoms with E-state index in [2.05, 4.69) is 18.7 Å². The standard InChI is InChI=1S/C15H27NO2/c1-15(2)8-4-6-12(14(15)17)10-16-9-5-7-13(11-16)18-3/h12-13H,4-11H2,1-3H3. The van der Waals surface area contributed by atoms with Crippen molar-refractivity contribution in [1.82, 2.24) is 4.90 Å². The van der Waals surface area contributed by atoms with Crippen LogP contribution in [0.4, 0.5) is 0 Å². The Labute approximate surface area is 111 Å². The number of rotatable bonds is 3. The third kappa shape index (κ3) is 3.12. The SMILES string of the molecule is COC1CCCN(CC2CCCC(C)(C)C2=O)C1. The first-order chi connectivity index (χ1) is 8.53. The van der Waals surface area contributed by atoms with Gasteiger partial charge in [-0.25, -0.2) is 0 Å². The number of hydrogen-bond acceptors (Lipinski definition) is 3. The number of methoxy groups -OCH3 is 1. The maximum Gasteiger partial charge on any atom is 0.142 e. The van der Waals surface area contributed by atoms with E-state index in [9.17, 15) is 4.79 Å². The molecule has 2 atom stereocenters. The number of carbonyl (C=O) groups excluding carboxylic acids is 1. The van der Waals surface area contributed by atoms with Crippen molar-refractivity contribution in [2.24, 2.45) is 11.3 Å². The lowest BCUT2D eigenvalue weighted by Crippen LogP contribution is -2.46. The summed E-state index contributed by atoms with van der Waals surface area (Å²) in [5, 5.41) is 0. The van der Waals surface area contributed by atoms with E-state index in [4.69, 9.17) is 4.74 Å². The average Bonchev–Trinajstić information content (AvgIpc) is 2.35. The largest absolute Gasteiger partial charge is 0.380 e. The van der Waals surface area contributed by atoms with Gasteiger partial charge in [-0.2, -0.15) is 0 Å². The van der Waals surface area contributed by atoms with Gasteiger partial charge in [0.05, 0.1) is 6.10 Å². The summed E-state index contributed by atoms with van der Waals surface area (Å²) in [6, 6.07) is 0. The number of ketones is 1. The lowest BCUT2D eigenvalue weighted by atomic mass is 9.71. The minimum Gasteiger partial charge on any atom is -0.380 e. The second kappa shape index (κ2) is 5.70. The van der Waals surface area contributed by atoms with Crippen molar-refractivity contribution < 1.29 is 9.53 Å². The van der Waals surface area contributed by atoms with Gasteiger partial charge in [-0.1, -0.05) is 20.3 Å². The Morgan fingerprint density at radius 1 is 1.33 bits per heavy atom. The number of hydrogen-bond donors (Lipinski definition) is 0. The number of Topliss-reactive ketones (excluding diaryl/α,β-unsaturated/α-hetero) is 1. The molecule has 104 valence electrons. The summed E-state index contributed by atoms with van der Waals surface area (Å²) in [6.45, 7) is 7.29. The van der Waals surface area contributed by atoms with Crippen LogP contribution in [0.5, 0.6) is 0 Å². The molecule has 1 saturated carbocycles. The Bertz CT molecular complexity index is 301. The van der Waals surface area contributed by atoms with Gasteiger partial charge in [-0.3, -0.25) is 4.79 Å². The molecule has 0 bridgehead atoms. The zero-order valence-corrected chi connectivity index (χ0v) is 12.1. The molecule has 2 rings (SSSR count). The van der Waals surface area contributed by atoms with Crippen molar-refractivity contribution in [2.75, 3.05) is 26.7 Å². The molecular weight excluding hydrogens is 226 g/mol. The van der Waals surface area contributed by atoms with Crippen LogP contribution in [0.1, 0.15) is 46.0 Å². The summed E-state index contributed by atoms with van der Waals surface area (Å²) in [5.74, 6) is 0.734. The quantitative estimate of drug-likeness (QED) is 0.774. The number of likely N-dealkylation sites (tertiary alicyclic amines) is 1. The maximum absolute atomic E-state index is 12.4. The first-order valence-electron chi connectivity index (χ1n) is 7.32. The van der Waals surface area contributed by atoms with Gasteiger partial charge in [0.15, 0.2) is 0 Å². The van der Waals surface area contributed by atoms with Crippen molar-refractivity contribution in [1.29, 1.82) is 0 Å². The molecule has 1 heterocycles. The molecule has 0 aromatic heterocycles. The summed E-state index contributed by atoms with van der Waals surface area (Å²) >= 11 is 0. The Balaban J connectivity index is 1.90. The minimum atomic E-state index is -0.0979. The third-order valence-electron chi connectivity index (χ3n) is 4.67.